The molecule has 2 aromatic rings. The summed E-state index contributed by atoms with van der Waals surface area (Å²) in [5.41, 5.74) is 2.27. The van der Waals surface area contributed by atoms with Crippen molar-refractivity contribution >= 4 is 23.4 Å². The summed E-state index contributed by atoms with van der Waals surface area (Å²) in [5.74, 6) is 1.56. The third-order valence-corrected chi connectivity index (χ3v) is 8.13. The first kappa shape index (κ1) is 29.2. The van der Waals surface area contributed by atoms with Crippen LogP contribution in [0, 0.1) is 13.8 Å². The van der Waals surface area contributed by atoms with E-state index in [0.717, 1.165) is 47.8 Å². The Hall–Kier alpha value is -2.81. The topological polar surface area (TPSA) is 80.3 Å². The van der Waals surface area contributed by atoms with Crippen molar-refractivity contribution in [3.8, 4) is 11.5 Å². The van der Waals surface area contributed by atoms with Crippen molar-refractivity contribution in [3.63, 3.8) is 0 Å². The molecule has 1 N–H and O–H groups in total. The molecule has 2 fully saturated rings. The van der Waals surface area contributed by atoms with E-state index >= 15 is 0 Å². The second-order valence-corrected chi connectivity index (χ2v) is 11.2. The van der Waals surface area contributed by atoms with Crippen LogP contribution in [0.5, 0.6) is 11.5 Å². The Morgan fingerprint density at radius 3 is 2.36 bits per heavy atom. The van der Waals surface area contributed by atoms with E-state index in [2.05, 4.69) is 22.3 Å². The smallest absolute Gasteiger partial charge is 0.225 e. The number of carbonyl (C=O) groups excluding carboxylic acids is 2. The van der Waals surface area contributed by atoms with E-state index in [1.54, 1.807) is 7.11 Å². The van der Waals surface area contributed by atoms with Crippen LogP contribution in [-0.4, -0.2) is 79.8 Å². The zero-order valence-corrected chi connectivity index (χ0v) is 24.2. The number of aryl methyl sites for hydroxylation is 2. The number of amides is 2. The van der Waals surface area contributed by atoms with Crippen LogP contribution in [0.1, 0.15) is 42.9 Å². The lowest BCUT2D eigenvalue weighted by atomic mass is 9.95. The standard InChI is InChI=1S/C30H40ClN3O5/c1-21-15-27(16-22(2)29(21)31)38-20-30(17-28(36)34-11-9-25(10-12-34)32-23(3)35)19-33(13-14-39-30)18-24-5-7-26(37-4)8-6-24/h5-8,15-16,25H,9-14,17-20H2,1-4H3,(H,32,35)/t30-/m0/s1. The fourth-order valence-electron chi connectivity index (χ4n) is 5.45. The molecule has 0 bridgehead atoms. The number of morpholine rings is 1. The first-order valence-electron chi connectivity index (χ1n) is 13.6. The van der Waals surface area contributed by atoms with Crippen LogP contribution < -0.4 is 14.8 Å². The molecule has 2 aromatic carbocycles. The molecule has 2 amide bonds. The SMILES string of the molecule is COc1ccc(CN2CCO[C@@](COc3cc(C)c(Cl)c(C)c3)(CC(=O)N3CCC(NC(C)=O)CC3)C2)cc1. The lowest BCUT2D eigenvalue weighted by Gasteiger charge is -2.43. The van der Waals surface area contributed by atoms with Crippen LogP contribution in [0.4, 0.5) is 0 Å². The minimum Gasteiger partial charge on any atom is -0.497 e. The number of carbonyl (C=O) groups is 2. The van der Waals surface area contributed by atoms with Gasteiger partial charge in [-0.3, -0.25) is 14.5 Å². The molecule has 0 saturated carbocycles. The predicted molar refractivity (Wildman–Crippen MR) is 151 cm³/mol. The van der Waals surface area contributed by atoms with Crippen molar-refractivity contribution in [1.82, 2.24) is 15.1 Å². The maximum absolute atomic E-state index is 13.6. The highest BCUT2D eigenvalue weighted by Gasteiger charge is 2.41. The monoisotopic (exact) mass is 557 g/mol. The highest BCUT2D eigenvalue weighted by molar-refractivity contribution is 6.32. The molecule has 9 heteroatoms. The number of rotatable bonds is 9. The van der Waals surface area contributed by atoms with Gasteiger partial charge in [0.25, 0.3) is 0 Å². The van der Waals surface area contributed by atoms with Crippen molar-refractivity contribution in [2.75, 3.05) is 46.5 Å². The third kappa shape index (κ3) is 7.87. The zero-order chi connectivity index (χ0) is 28.0. The Labute approximate surface area is 236 Å². The van der Waals surface area contributed by atoms with Gasteiger partial charge >= 0.3 is 0 Å². The molecule has 0 spiro atoms. The number of hydrogen-bond donors (Lipinski definition) is 1. The summed E-state index contributed by atoms with van der Waals surface area (Å²) >= 11 is 6.37. The van der Waals surface area contributed by atoms with E-state index in [1.807, 2.05) is 43.0 Å². The molecule has 0 aromatic heterocycles. The van der Waals surface area contributed by atoms with Crippen LogP contribution >= 0.6 is 11.6 Å². The molecule has 39 heavy (non-hydrogen) atoms. The van der Waals surface area contributed by atoms with E-state index in [1.165, 1.54) is 12.5 Å². The number of nitrogens with zero attached hydrogens (tertiary/aromatic N) is 2. The maximum atomic E-state index is 13.6. The Kier molecular flexibility index (Phi) is 9.75. The summed E-state index contributed by atoms with van der Waals surface area (Å²) in [6.07, 6.45) is 1.73. The number of methoxy groups -OCH3 is 1. The molecule has 2 heterocycles. The van der Waals surface area contributed by atoms with Crippen LogP contribution in [0.3, 0.4) is 0 Å². The minimum atomic E-state index is -0.794. The molecule has 0 radical (unpaired) electrons. The molecule has 2 aliphatic rings. The van der Waals surface area contributed by atoms with Gasteiger partial charge in [-0.25, -0.2) is 0 Å². The van der Waals surface area contributed by atoms with E-state index in [4.69, 9.17) is 25.8 Å². The first-order chi connectivity index (χ1) is 18.7. The van der Waals surface area contributed by atoms with E-state index in [-0.39, 0.29) is 30.9 Å². The number of hydrogen-bond acceptors (Lipinski definition) is 6. The molecular weight excluding hydrogens is 518 g/mol. The number of nitrogens with one attached hydrogen (secondary N) is 1. The van der Waals surface area contributed by atoms with Crippen LogP contribution in [-0.2, 0) is 20.9 Å². The Balaban J connectivity index is 1.48. The summed E-state index contributed by atoms with van der Waals surface area (Å²) in [7, 11) is 1.66. The van der Waals surface area contributed by atoms with Crippen LogP contribution in [0.15, 0.2) is 36.4 Å². The van der Waals surface area contributed by atoms with Gasteiger partial charge in [0.05, 0.1) is 20.1 Å². The molecular formula is C30H40ClN3O5. The molecule has 0 unspecified atom stereocenters. The van der Waals surface area contributed by atoms with Crippen molar-refractivity contribution in [2.45, 2.75) is 58.2 Å². The number of piperidine rings is 1. The molecule has 2 aliphatic heterocycles. The van der Waals surface area contributed by atoms with E-state index in [9.17, 15) is 9.59 Å². The third-order valence-electron chi connectivity index (χ3n) is 7.53. The van der Waals surface area contributed by atoms with Crippen molar-refractivity contribution in [2.24, 2.45) is 0 Å². The fourth-order valence-corrected chi connectivity index (χ4v) is 5.55. The second kappa shape index (κ2) is 13.0. The fraction of sp³-hybridized carbons (Fsp3) is 0.533. The summed E-state index contributed by atoms with van der Waals surface area (Å²) in [6, 6.07) is 12.0. The average molecular weight is 558 g/mol. The molecule has 4 rings (SSSR count). The highest BCUT2D eigenvalue weighted by Crippen LogP contribution is 2.30. The Morgan fingerprint density at radius 1 is 1.08 bits per heavy atom. The van der Waals surface area contributed by atoms with Crippen molar-refractivity contribution in [3.05, 3.63) is 58.1 Å². The quantitative estimate of drug-likeness (QED) is 0.499. The van der Waals surface area contributed by atoms with Gasteiger partial charge in [0.2, 0.25) is 11.8 Å². The van der Waals surface area contributed by atoms with Gasteiger partial charge in [-0.2, -0.15) is 0 Å². The highest BCUT2D eigenvalue weighted by atomic mass is 35.5. The van der Waals surface area contributed by atoms with E-state index < -0.39 is 5.60 Å². The molecule has 0 aliphatic carbocycles. The summed E-state index contributed by atoms with van der Waals surface area (Å²) in [6.45, 7) is 9.52. The zero-order valence-electron chi connectivity index (χ0n) is 23.4. The van der Waals surface area contributed by atoms with Crippen molar-refractivity contribution in [1.29, 1.82) is 0 Å². The van der Waals surface area contributed by atoms with Gasteiger partial charge in [-0.1, -0.05) is 23.7 Å². The summed E-state index contributed by atoms with van der Waals surface area (Å²) < 4.78 is 18.0. The number of halogens is 1. The predicted octanol–water partition coefficient (Wildman–Crippen LogP) is 4.13. The molecule has 1 atom stereocenters. The number of benzene rings is 2. The van der Waals surface area contributed by atoms with Gasteiger partial charge < -0.3 is 24.4 Å². The minimum absolute atomic E-state index is 0.0314. The Morgan fingerprint density at radius 2 is 1.74 bits per heavy atom. The van der Waals surface area contributed by atoms with Crippen LogP contribution in [0.25, 0.3) is 0 Å². The summed E-state index contributed by atoms with van der Waals surface area (Å²) in [4.78, 5) is 29.2. The maximum Gasteiger partial charge on any atom is 0.225 e. The van der Waals surface area contributed by atoms with Gasteiger partial charge in [0.15, 0.2) is 0 Å². The Bertz CT molecular complexity index is 1130. The number of ether oxygens (including phenoxy) is 3. The average Bonchev–Trinajstić information content (AvgIpc) is 2.91. The van der Waals surface area contributed by atoms with E-state index in [0.29, 0.717) is 32.0 Å². The molecule has 212 valence electrons. The van der Waals surface area contributed by atoms with Crippen LogP contribution in [0.2, 0.25) is 5.02 Å². The second-order valence-electron chi connectivity index (χ2n) is 10.8. The van der Waals surface area contributed by atoms with Crippen molar-refractivity contribution < 1.29 is 23.8 Å². The normalized spacial score (nSPS) is 20.5. The van der Waals surface area contributed by atoms with Gasteiger partial charge in [0.1, 0.15) is 23.7 Å². The molecule has 8 nitrogen and oxygen atoms in total. The molecule has 2 saturated heterocycles. The number of likely N-dealkylation sites (tertiary alicyclic amines) is 1. The summed E-state index contributed by atoms with van der Waals surface area (Å²) in [5, 5.41) is 3.70. The van der Waals surface area contributed by atoms with Gasteiger partial charge in [-0.05, 0) is 67.6 Å². The first-order valence-corrected chi connectivity index (χ1v) is 14.0. The largest absolute Gasteiger partial charge is 0.497 e. The lowest BCUT2D eigenvalue weighted by Crippen LogP contribution is -2.57. The lowest BCUT2D eigenvalue weighted by molar-refractivity contribution is -0.157. The van der Waals surface area contributed by atoms with Gasteiger partial charge in [0, 0.05) is 50.7 Å². The van der Waals surface area contributed by atoms with Gasteiger partial charge in [-0.15, -0.1) is 0 Å².